The van der Waals surface area contributed by atoms with E-state index in [1.807, 2.05) is 24.3 Å². The van der Waals surface area contributed by atoms with Crippen LogP contribution in [0.1, 0.15) is 45.1 Å². The molecule has 0 aromatic heterocycles. The van der Waals surface area contributed by atoms with Crippen molar-refractivity contribution >= 4 is 21.9 Å². The Morgan fingerprint density at radius 1 is 1.28 bits per heavy atom. The van der Waals surface area contributed by atoms with E-state index in [0.717, 1.165) is 16.5 Å². The molecule has 0 heterocycles. The molecule has 1 rings (SSSR count). The van der Waals surface area contributed by atoms with Gasteiger partial charge in [-0.15, -0.1) is 0 Å². The van der Waals surface area contributed by atoms with E-state index in [1.54, 1.807) is 0 Å². The van der Waals surface area contributed by atoms with Crippen molar-refractivity contribution in [1.82, 2.24) is 0 Å². The molecular weight excluding hydrogens is 292 g/mol. The van der Waals surface area contributed by atoms with Gasteiger partial charge < -0.3 is 5.11 Å². The van der Waals surface area contributed by atoms with E-state index >= 15 is 0 Å². The molecule has 2 atom stereocenters. The summed E-state index contributed by atoms with van der Waals surface area (Å²) in [6.07, 6.45) is 1.77. The summed E-state index contributed by atoms with van der Waals surface area (Å²) in [6.45, 7) is 6.48. The first-order valence-corrected chi connectivity index (χ1v) is 7.17. The van der Waals surface area contributed by atoms with Crippen molar-refractivity contribution in [2.24, 2.45) is 11.8 Å². The predicted molar refractivity (Wildman–Crippen MR) is 77.8 cm³/mol. The fraction of sp³-hybridized carbons (Fsp3) is 0.533. The smallest absolute Gasteiger partial charge is 0.310 e. The third kappa shape index (κ3) is 4.81. The number of rotatable bonds is 6. The molecule has 0 aliphatic rings. The Labute approximate surface area is 118 Å². The monoisotopic (exact) mass is 312 g/mol. The third-order valence-corrected chi connectivity index (χ3v) is 3.55. The Kier molecular flexibility index (Phi) is 5.86. The summed E-state index contributed by atoms with van der Waals surface area (Å²) in [5.74, 6) is -0.109. The fourth-order valence-corrected chi connectivity index (χ4v) is 2.82. The maximum absolute atomic E-state index is 11.4. The molecule has 0 aliphatic heterocycles. The number of hydrogen-bond donors (Lipinski definition) is 1. The average Bonchev–Trinajstić information content (AvgIpc) is 2.24. The van der Waals surface area contributed by atoms with Gasteiger partial charge in [0.1, 0.15) is 0 Å². The van der Waals surface area contributed by atoms with Crippen LogP contribution in [0.25, 0.3) is 0 Å². The SMILES string of the molecule is CC(C)CC(C)CC(C(=O)O)c1cccc(Br)c1. The lowest BCUT2D eigenvalue weighted by atomic mass is 9.86. The zero-order valence-electron chi connectivity index (χ0n) is 11.2. The molecule has 2 nitrogen and oxygen atoms in total. The van der Waals surface area contributed by atoms with E-state index in [0.29, 0.717) is 18.3 Å². The molecule has 1 N–H and O–H groups in total. The average molecular weight is 313 g/mol. The summed E-state index contributed by atoms with van der Waals surface area (Å²) in [5.41, 5.74) is 0.882. The number of carbonyl (C=O) groups is 1. The molecule has 1 aromatic carbocycles. The molecule has 0 spiro atoms. The van der Waals surface area contributed by atoms with Crippen LogP contribution in [-0.2, 0) is 4.79 Å². The quantitative estimate of drug-likeness (QED) is 0.827. The van der Waals surface area contributed by atoms with Crippen molar-refractivity contribution in [1.29, 1.82) is 0 Å². The van der Waals surface area contributed by atoms with Crippen molar-refractivity contribution in [2.45, 2.75) is 39.5 Å². The molecule has 18 heavy (non-hydrogen) atoms. The fourth-order valence-electron chi connectivity index (χ4n) is 2.41. The van der Waals surface area contributed by atoms with Gasteiger partial charge in [-0.2, -0.15) is 0 Å². The van der Waals surface area contributed by atoms with Gasteiger partial charge in [0.05, 0.1) is 5.92 Å². The molecule has 3 heteroatoms. The van der Waals surface area contributed by atoms with Crippen LogP contribution in [0.3, 0.4) is 0 Å². The summed E-state index contributed by atoms with van der Waals surface area (Å²) in [5, 5.41) is 9.39. The van der Waals surface area contributed by atoms with Crippen LogP contribution in [0.15, 0.2) is 28.7 Å². The van der Waals surface area contributed by atoms with Gasteiger partial charge in [-0.25, -0.2) is 0 Å². The van der Waals surface area contributed by atoms with Crippen LogP contribution in [0, 0.1) is 11.8 Å². The zero-order valence-corrected chi connectivity index (χ0v) is 12.8. The van der Waals surface area contributed by atoms with Gasteiger partial charge in [0.2, 0.25) is 0 Å². The topological polar surface area (TPSA) is 37.3 Å². The lowest BCUT2D eigenvalue weighted by Crippen LogP contribution is -2.16. The minimum Gasteiger partial charge on any atom is -0.481 e. The molecular formula is C15H21BrO2. The van der Waals surface area contributed by atoms with Gasteiger partial charge >= 0.3 is 5.97 Å². The molecule has 0 amide bonds. The van der Waals surface area contributed by atoms with Crippen LogP contribution >= 0.6 is 15.9 Å². The maximum Gasteiger partial charge on any atom is 0.310 e. The second-order valence-corrected chi connectivity index (χ2v) is 6.33. The lowest BCUT2D eigenvalue weighted by molar-refractivity contribution is -0.139. The van der Waals surface area contributed by atoms with Crippen LogP contribution in [-0.4, -0.2) is 11.1 Å². The van der Waals surface area contributed by atoms with E-state index in [2.05, 4.69) is 36.7 Å². The number of benzene rings is 1. The normalized spacial score (nSPS) is 14.5. The Morgan fingerprint density at radius 3 is 2.44 bits per heavy atom. The first-order valence-electron chi connectivity index (χ1n) is 6.38. The summed E-state index contributed by atoms with van der Waals surface area (Å²) >= 11 is 3.39. The molecule has 0 fully saturated rings. The van der Waals surface area contributed by atoms with Gasteiger partial charge in [-0.3, -0.25) is 4.79 Å². The summed E-state index contributed by atoms with van der Waals surface area (Å²) in [4.78, 5) is 11.4. The predicted octanol–water partition coefficient (Wildman–Crippen LogP) is 4.69. The van der Waals surface area contributed by atoms with Gasteiger partial charge in [0, 0.05) is 4.47 Å². The molecule has 1 aromatic rings. The Balaban J connectivity index is 2.80. The standard InChI is InChI=1S/C15H21BrO2/c1-10(2)7-11(3)8-14(15(17)18)12-5-4-6-13(16)9-12/h4-6,9-11,14H,7-8H2,1-3H3,(H,17,18). The second-order valence-electron chi connectivity index (χ2n) is 5.42. The summed E-state index contributed by atoms with van der Waals surface area (Å²) in [7, 11) is 0. The second kappa shape index (κ2) is 6.93. The molecule has 0 saturated heterocycles. The first kappa shape index (κ1) is 15.2. The van der Waals surface area contributed by atoms with Crippen molar-refractivity contribution in [3.05, 3.63) is 34.3 Å². The minimum absolute atomic E-state index is 0.406. The van der Waals surface area contributed by atoms with Crippen LogP contribution in [0.5, 0.6) is 0 Å². The molecule has 0 radical (unpaired) electrons. The highest BCUT2D eigenvalue weighted by molar-refractivity contribution is 9.10. The van der Waals surface area contributed by atoms with E-state index in [4.69, 9.17) is 0 Å². The van der Waals surface area contributed by atoms with E-state index in [1.165, 1.54) is 0 Å². The Morgan fingerprint density at radius 2 is 1.94 bits per heavy atom. The van der Waals surface area contributed by atoms with Crippen LogP contribution < -0.4 is 0 Å². The highest BCUT2D eigenvalue weighted by Gasteiger charge is 2.22. The highest BCUT2D eigenvalue weighted by Crippen LogP contribution is 2.29. The Bertz CT molecular complexity index is 401. The van der Waals surface area contributed by atoms with Gasteiger partial charge in [0.25, 0.3) is 0 Å². The van der Waals surface area contributed by atoms with E-state index < -0.39 is 11.9 Å². The van der Waals surface area contributed by atoms with Gasteiger partial charge in [0.15, 0.2) is 0 Å². The van der Waals surface area contributed by atoms with Crippen molar-refractivity contribution < 1.29 is 9.90 Å². The molecule has 0 aliphatic carbocycles. The minimum atomic E-state index is -0.733. The largest absolute Gasteiger partial charge is 0.481 e. The van der Waals surface area contributed by atoms with Crippen molar-refractivity contribution in [3.8, 4) is 0 Å². The van der Waals surface area contributed by atoms with Crippen molar-refractivity contribution in [2.75, 3.05) is 0 Å². The molecule has 0 bridgehead atoms. The molecule has 0 saturated carbocycles. The molecule has 2 unspecified atom stereocenters. The zero-order chi connectivity index (χ0) is 13.7. The lowest BCUT2D eigenvalue weighted by Gasteiger charge is -2.19. The Hall–Kier alpha value is -0.830. The molecule has 100 valence electrons. The van der Waals surface area contributed by atoms with E-state index in [-0.39, 0.29) is 0 Å². The number of carboxylic acid groups (broad SMARTS) is 1. The van der Waals surface area contributed by atoms with Crippen LogP contribution in [0.2, 0.25) is 0 Å². The summed E-state index contributed by atoms with van der Waals surface area (Å²) < 4.78 is 0.933. The van der Waals surface area contributed by atoms with Gasteiger partial charge in [-0.05, 0) is 42.4 Å². The maximum atomic E-state index is 11.4. The van der Waals surface area contributed by atoms with E-state index in [9.17, 15) is 9.90 Å². The van der Waals surface area contributed by atoms with Crippen LogP contribution in [0.4, 0.5) is 0 Å². The van der Waals surface area contributed by atoms with Gasteiger partial charge in [-0.1, -0.05) is 48.8 Å². The third-order valence-electron chi connectivity index (χ3n) is 3.06. The number of aliphatic carboxylic acids is 1. The van der Waals surface area contributed by atoms with Crippen molar-refractivity contribution in [3.63, 3.8) is 0 Å². The first-order chi connectivity index (χ1) is 8.40. The number of carboxylic acids is 1. The number of halogens is 1. The summed E-state index contributed by atoms with van der Waals surface area (Å²) in [6, 6.07) is 7.61. The highest BCUT2D eigenvalue weighted by atomic mass is 79.9. The number of hydrogen-bond acceptors (Lipinski definition) is 1.